The van der Waals surface area contributed by atoms with Crippen LogP contribution in [0.15, 0.2) is 24.4 Å². The Morgan fingerprint density at radius 1 is 1.42 bits per heavy atom. The summed E-state index contributed by atoms with van der Waals surface area (Å²) in [7, 11) is 0. The molecule has 1 aliphatic rings. The minimum absolute atomic E-state index is 0.257. The molecule has 1 amide bonds. The second-order valence-corrected chi connectivity index (χ2v) is 7.12. The maximum atomic E-state index is 12.7. The highest BCUT2D eigenvalue weighted by molar-refractivity contribution is 6.31. The Morgan fingerprint density at radius 2 is 2.15 bits per heavy atom. The molecule has 1 fully saturated rings. The molecule has 26 heavy (non-hydrogen) atoms. The predicted molar refractivity (Wildman–Crippen MR) is 99.1 cm³/mol. The number of aryl methyl sites for hydroxylation is 1. The van der Waals surface area contributed by atoms with Gasteiger partial charge in [-0.3, -0.25) is 4.79 Å². The van der Waals surface area contributed by atoms with Crippen LogP contribution in [0.25, 0.3) is 5.69 Å². The van der Waals surface area contributed by atoms with Crippen LogP contribution in [0, 0.1) is 6.92 Å². The van der Waals surface area contributed by atoms with Crippen LogP contribution in [0.3, 0.4) is 0 Å². The van der Waals surface area contributed by atoms with Crippen LogP contribution in [0.1, 0.15) is 60.1 Å². The molecule has 0 radical (unpaired) electrons. The van der Waals surface area contributed by atoms with Gasteiger partial charge in [0.15, 0.2) is 0 Å². The van der Waals surface area contributed by atoms with E-state index < -0.39 is 17.9 Å². The molecule has 138 valence electrons. The van der Waals surface area contributed by atoms with E-state index in [0.29, 0.717) is 23.4 Å². The fraction of sp³-hybridized carbons (Fsp3) is 0.421. The third-order valence-electron chi connectivity index (χ3n) is 4.60. The lowest BCUT2D eigenvalue weighted by Gasteiger charge is -2.14. The van der Waals surface area contributed by atoms with Crippen LogP contribution >= 0.6 is 11.6 Å². The molecule has 1 aromatic heterocycles. The van der Waals surface area contributed by atoms with Crippen LogP contribution < -0.4 is 5.32 Å². The molecule has 1 atom stereocenters. The summed E-state index contributed by atoms with van der Waals surface area (Å²) in [5.41, 5.74) is 3.02. The third-order valence-corrected chi connectivity index (χ3v) is 5.00. The smallest absolute Gasteiger partial charge is 0.326 e. The molecular formula is C19H22ClN3O3. The molecule has 0 aliphatic heterocycles. The fourth-order valence-corrected chi connectivity index (χ4v) is 3.16. The number of hydrogen-bond donors (Lipinski definition) is 2. The van der Waals surface area contributed by atoms with Crippen molar-refractivity contribution in [1.82, 2.24) is 15.1 Å². The van der Waals surface area contributed by atoms with Gasteiger partial charge in [0.2, 0.25) is 0 Å². The molecule has 1 unspecified atom stereocenters. The Bertz CT molecular complexity index is 843. The first kappa shape index (κ1) is 18.5. The van der Waals surface area contributed by atoms with Gasteiger partial charge in [0, 0.05) is 10.9 Å². The highest BCUT2D eigenvalue weighted by atomic mass is 35.5. The van der Waals surface area contributed by atoms with Crippen molar-refractivity contribution in [2.24, 2.45) is 0 Å². The Labute approximate surface area is 157 Å². The van der Waals surface area contributed by atoms with Crippen molar-refractivity contribution >= 4 is 23.5 Å². The molecule has 1 aromatic carbocycles. The van der Waals surface area contributed by atoms with Gasteiger partial charge in [-0.25, -0.2) is 9.48 Å². The lowest BCUT2D eigenvalue weighted by Crippen LogP contribution is -2.40. The number of nitrogens with one attached hydrogen (secondary N) is 1. The van der Waals surface area contributed by atoms with Crippen LogP contribution in [-0.2, 0) is 4.79 Å². The second-order valence-electron chi connectivity index (χ2n) is 6.72. The van der Waals surface area contributed by atoms with Crippen LogP contribution in [0.2, 0.25) is 5.02 Å². The zero-order chi connectivity index (χ0) is 18.8. The minimum atomic E-state index is -1.02. The van der Waals surface area contributed by atoms with E-state index in [1.165, 1.54) is 6.20 Å². The number of aromatic nitrogens is 2. The lowest BCUT2D eigenvalue weighted by atomic mass is 10.1. The maximum Gasteiger partial charge on any atom is 0.326 e. The number of amides is 1. The first-order valence-corrected chi connectivity index (χ1v) is 9.18. The summed E-state index contributed by atoms with van der Waals surface area (Å²) < 4.78 is 1.74. The predicted octanol–water partition coefficient (Wildman–Crippen LogP) is 3.69. The maximum absolute atomic E-state index is 12.7. The number of carbonyl (C=O) groups is 2. The van der Waals surface area contributed by atoms with Gasteiger partial charge in [-0.2, -0.15) is 5.10 Å². The van der Waals surface area contributed by atoms with Crippen molar-refractivity contribution in [3.05, 3.63) is 46.2 Å². The molecule has 0 spiro atoms. The monoisotopic (exact) mass is 375 g/mol. The molecule has 1 saturated carbocycles. The van der Waals surface area contributed by atoms with Gasteiger partial charge in [0.1, 0.15) is 6.04 Å². The van der Waals surface area contributed by atoms with E-state index >= 15 is 0 Å². The largest absolute Gasteiger partial charge is 0.480 e. The first-order chi connectivity index (χ1) is 12.4. The molecule has 1 heterocycles. The zero-order valence-corrected chi connectivity index (χ0v) is 15.6. The van der Waals surface area contributed by atoms with Crippen LogP contribution in [0.4, 0.5) is 0 Å². The van der Waals surface area contributed by atoms with Crippen molar-refractivity contribution < 1.29 is 14.7 Å². The number of carboxylic acid groups (broad SMARTS) is 1. The Morgan fingerprint density at radius 3 is 2.73 bits per heavy atom. The molecule has 1 aliphatic carbocycles. The third kappa shape index (κ3) is 3.75. The molecule has 6 nitrogen and oxygen atoms in total. The van der Waals surface area contributed by atoms with E-state index in [1.807, 2.05) is 32.0 Å². The zero-order valence-electron chi connectivity index (χ0n) is 14.8. The Hall–Kier alpha value is -2.34. The molecule has 0 saturated heterocycles. The van der Waals surface area contributed by atoms with Gasteiger partial charge in [-0.05, 0) is 43.9 Å². The molecule has 0 bridgehead atoms. The van der Waals surface area contributed by atoms with E-state index in [-0.39, 0.29) is 5.92 Å². The van der Waals surface area contributed by atoms with E-state index in [1.54, 1.807) is 4.68 Å². The summed E-state index contributed by atoms with van der Waals surface area (Å²) in [6.45, 7) is 3.81. The fourth-order valence-electron chi connectivity index (χ4n) is 2.98. The standard InChI is InChI=1S/C19H22ClN3O3/c1-3-4-16(19(25)26)22-18(24)14-10-21-23(17(14)12-6-7-12)13-8-5-11(2)15(20)9-13/h5,8-10,12,16H,3-4,6-7H2,1-2H3,(H,22,24)(H,25,26). The minimum Gasteiger partial charge on any atom is -0.480 e. The van der Waals surface area contributed by atoms with Crippen molar-refractivity contribution in [3.63, 3.8) is 0 Å². The highest BCUT2D eigenvalue weighted by Gasteiger charge is 2.34. The summed E-state index contributed by atoms with van der Waals surface area (Å²) in [5, 5.41) is 16.9. The number of benzene rings is 1. The van der Waals surface area contributed by atoms with Gasteiger partial charge in [-0.15, -0.1) is 0 Å². The topological polar surface area (TPSA) is 84.2 Å². The average molecular weight is 376 g/mol. The number of halogens is 1. The SMILES string of the molecule is CCCC(NC(=O)c1cnn(-c2ccc(C)c(Cl)c2)c1C1CC1)C(=O)O. The number of carboxylic acids is 1. The van der Waals surface area contributed by atoms with Gasteiger partial charge in [0.05, 0.1) is 23.1 Å². The van der Waals surface area contributed by atoms with E-state index in [0.717, 1.165) is 29.8 Å². The van der Waals surface area contributed by atoms with E-state index in [4.69, 9.17) is 11.6 Å². The molecule has 2 N–H and O–H groups in total. The Balaban J connectivity index is 1.93. The number of carbonyl (C=O) groups excluding carboxylic acids is 1. The van der Waals surface area contributed by atoms with Gasteiger partial charge >= 0.3 is 5.97 Å². The molecular weight excluding hydrogens is 354 g/mol. The summed E-state index contributed by atoms with van der Waals surface area (Å²) >= 11 is 6.23. The summed E-state index contributed by atoms with van der Waals surface area (Å²) in [4.78, 5) is 24.0. The van der Waals surface area contributed by atoms with Crippen molar-refractivity contribution in [2.45, 2.75) is 51.5 Å². The lowest BCUT2D eigenvalue weighted by molar-refractivity contribution is -0.139. The summed E-state index contributed by atoms with van der Waals surface area (Å²) in [6.07, 6.45) is 4.56. The average Bonchev–Trinajstić information content (AvgIpc) is 3.34. The molecule has 7 heteroatoms. The Kier molecular flexibility index (Phi) is 5.32. The normalized spacial score (nSPS) is 14.9. The first-order valence-electron chi connectivity index (χ1n) is 8.80. The number of nitrogens with zero attached hydrogens (tertiary/aromatic N) is 2. The van der Waals surface area contributed by atoms with Crippen molar-refractivity contribution in [2.75, 3.05) is 0 Å². The quantitative estimate of drug-likeness (QED) is 0.772. The molecule has 2 aromatic rings. The van der Waals surface area contributed by atoms with Crippen molar-refractivity contribution in [1.29, 1.82) is 0 Å². The summed E-state index contributed by atoms with van der Waals surface area (Å²) in [6, 6.07) is 4.77. The van der Waals surface area contributed by atoms with Crippen LogP contribution in [-0.4, -0.2) is 32.8 Å². The van der Waals surface area contributed by atoms with E-state index in [2.05, 4.69) is 10.4 Å². The number of aliphatic carboxylic acids is 1. The second kappa shape index (κ2) is 7.50. The van der Waals surface area contributed by atoms with Crippen LogP contribution in [0.5, 0.6) is 0 Å². The number of hydrogen-bond acceptors (Lipinski definition) is 3. The van der Waals surface area contributed by atoms with Gasteiger partial charge in [0.25, 0.3) is 5.91 Å². The molecule has 3 rings (SSSR count). The number of rotatable bonds is 7. The van der Waals surface area contributed by atoms with Gasteiger partial charge in [-0.1, -0.05) is 31.0 Å². The highest BCUT2D eigenvalue weighted by Crippen LogP contribution is 2.42. The van der Waals surface area contributed by atoms with E-state index in [9.17, 15) is 14.7 Å². The summed E-state index contributed by atoms with van der Waals surface area (Å²) in [5.74, 6) is -1.16. The van der Waals surface area contributed by atoms with Gasteiger partial charge < -0.3 is 10.4 Å². The van der Waals surface area contributed by atoms with Crippen molar-refractivity contribution in [3.8, 4) is 5.69 Å².